The van der Waals surface area contributed by atoms with Crippen LogP contribution in [0.1, 0.15) is 18.1 Å². The molecule has 3 N–H and O–H groups in total. The lowest BCUT2D eigenvalue weighted by molar-refractivity contribution is -0.157. The Morgan fingerprint density at radius 2 is 1.70 bits per heavy atom. The summed E-state index contributed by atoms with van der Waals surface area (Å²) < 4.78 is 47.0. The molecule has 0 aromatic heterocycles. The summed E-state index contributed by atoms with van der Waals surface area (Å²) >= 11 is 1.36. The number of thioether (sulfide) groups is 1. The first-order valence-electron chi connectivity index (χ1n) is 9.73. The molecule has 0 saturated carbocycles. The molecular formula is C21H24FN3O6S2. The maximum Gasteiger partial charge on any atom is 0.325 e. The number of sulfonamides is 1. The number of hydrogen-bond acceptors (Lipinski definition) is 7. The van der Waals surface area contributed by atoms with E-state index in [4.69, 9.17) is 4.74 Å². The minimum Gasteiger partial charge on any atom is -0.446 e. The highest BCUT2D eigenvalue weighted by Gasteiger charge is 2.33. The van der Waals surface area contributed by atoms with Gasteiger partial charge in [0, 0.05) is 12.6 Å². The van der Waals surface area contributed by atoms with Gasteiger partial charge in [-0.05, 0) is 30.6 Å². The Kier molecular flexibility index (Phi) is 9.82. The molecule has 0 heterocycles. The van der Waals surface area contributed by atoms with Gasteiger partial charge in [0.15, 0.2) is 0 Å². The van der Waals surface area contributed by atoms with Gasteiger partial charge >= 0.3 is 12.0 Å². The second kappa shape index (κ2) is 12.3. The maximum atomic E-state index is 14.1. The molecule has 0 radical (unpaired) electrons. The van der Waals surface area contributed by atoms with E-state index >= 15 is 0 Å². The van der Waals surface area contributed by atoms with Gasteiger partial charge < -0.3 is 10.1 Å². The summed E-state index contributed by atoms with van der Waals surface area (Å²) in [6, 6.07) is 10.5. The standard InChI is InChI=1S/C21H24FN3O6S2/c1-23-21(28)24-19(26)18(14-8-4-3-5-9-14)31-20(27)16(12-13-32-2)25-33(29,30)17-11-7-6-10-15(17)22/h3-11,16,18,25H,12-13H2,1-2H3,(H2,23,24,26,28). The van der Waals surface area contributed by atoms with Crippen LogP contribution in [0.3, 0.4) is 0 Å². The summed E-state index contributed by atoms with van der Waals surface area (Å²) in [7, 11) is -3.10. The zero-order valence-electron chi connectivity index (χ0n) is 17.9. The van der Waals surface area contributed by atoms with Gasteiger partial charge in [-0.1, -0.05) is 42.5 Å². The molecular weight excluding hydrogens is 473 g/mol. The van der Waals surface area contributed by atoms with E-state index in [1.165, 1.54) is 43.1 Å². The van der Waals surface area contributed by atoms with Gasteiger partial charge in [0.1, 0.15) is 16.8 Å². The van der Waals surface area contributed by atoms with Crippen LogP contribution in [0.4, 0.5) is 9.18 Å². The van der Waals surface area contributed by atoms with E-state index < -0.39 is 50.8 Å². The number of imide groups is 1. The van der Waals surface area contributed by atoms with Gasteiger partial charge in [-0.15, -0.1) is 0 Å². The number of urea groups is 1. The fourth-order valence-electron chi connectivity index (χ4n) is 2.71. The number of nitrogens with one attached hydrogen (secondary N) is 3. The number of hydrogen-bond donors (Lipinski definition) is 3. The first-order chi connectivity index (χ1) is 15.7. The summed E-state index contributed by atoms with van der Waals surface area (Å²) in [5.74, 6) is -2.58. The lowest BCUT2D eigenvalue weighted by Gasteiger charge is -2.22. The van der Waals surface area contributed by atoms with E-state index in [9.17, 15) is 27.2 Å². The zero-order valence-corrected chi connectivity index (χ0v) is 19.5. The van der Waals surface area contributed by atoms with Crippen LogP contribution in [-0.2, 0) is 24.3 Å². The largest absolute Gasteiger partial charge is 0.446 e. The van der Waals surface area contributed by atoms with Gasteiger partial charge in [-0.3, -0.25) is 14.9 Å². The highest BCUT2D eigenvalue weighted by molar-refractivity contribution is 7.98. The van der Waals surface area contributed by atoms with Crippen molar-refractivity contribution in [2.24, 2.45) is 0 Å². The monoisotopic (exact) mass is 497 g/mol. The Morgan fingerprint density at radius 1 is 1.06 bits per heavy atom. The second-order valence-corrected chi connectivity index (χ2v) is 9.35. The van der Waals surface area contributed by atoms with Gasteiger partial charge in [-0.2, -0.15) is 16.5 Å². The van der Waals surface area contributed by atoms with Crippen molar-refractivity contribution in [1.29, 1.82) is 0 Å². The van der Waals surface area contributed by atoms with E-state index in [0.29, 0.717) is 5.75 Å². The quantitative estimate of drug-likeness (QED) is 0.428. The highest BCUT2D eigenvalue weighted by Crippen LogP contribution is 2.21. The van der Waals surface area contributed by atoms with Gasteiger partial charge in [-0.25, -0.2) is 17.6 Å². The Morgan fingerprint density at radius 3 is 2.30 bits per heavy atom. The van der Waals surface area contributed by atoms with Crippen LogP contribution in [-0.4, -0.2) is 51.4 Å². The molecule has 0 aliphatic carbocycles. The number of amides is 3. The van der Waals surface area contributed by atoms with Crippen molar-refractivity contribution in [1.82, 2.24) is 15.4 Å². The molecule has 12 heteroatoms. The van der Waals surface area contributed by atoms with E-state index in [1.807, 2.05) is 5.32 Å². The number of ether oxygens (including phenoxy) is 1. The summed E-state index contributed by atoms with van der Waals surface area (Å²) in [6.45, 7) is 0. The molecule has 0 saturated heterocycles. The predicted octanol–water partition coefficient (Wildman–Crippen LogP) is 1.97. The van der Waals surface area contributed by atoms with Crippen molar-refractivity contribution in [3.8, 4) is 0 Å². The van der Waals surface area contributed by atoms with Crippen LogP contribution in [0.25, 0.3) is 0 Å². The van der Waals surface area contributed by atoms with Crippen LogP contribution in [0.2, 0.25) is 0 Å². The van der Waals surface area contributed by atoms with Crippen LogP contribution in [0, 0.1) is 5.82 Å². The Balaban J connectivity index is 2.31. The minimum absolute atomic E-state index is 0.0201. The smallest absolute Gasteiger partial charge is 0.325 e. The Hall–Kier alpha value is -2.96. The summed E-state index contributed by atoms with van der Waals surface area (Å²) in [4.78, 5) is 36.5. The van der Waals surface area contributed by atoms with E-state index in [-0.39, 0.29) is 12.0 Å². The third-order valence-corrected chi connectivity index (χ3v) is 6.51. The molecule has 0 spiro atoms. The fraction of sp³-hybridized carbons (Fsp3) is 0.286. The van der Waals surface area contributed by atoms with Crippen molar-refractivity contribution in [2.45, 2.75) is 23.5 Å². The zero-order chi connectivity index (χ0) is 24.4. The van der Waals surface area contributed by atoms with Crippen LogP contribution < -0.4 is 15.4 Å². The fourth-order valence-corrected chi connectivity index (χ4v) is 4.48. The number of halogens is 1. The lowest BCUT2D eigenvalue weighted by Crippen LogP contribution is -2.45. The van der Waals surface area contributed by atoms with Gasteiger partial charge in [0.2, 0.25) is 16.1 Å². The molecule has 0 aliphatic rings. The predicted molar refractivity (Wildman–Crippen MR) is 121 cm³/mol. The topological polar surface area (TPSA) is 131 Å². The molecule has 0 aliphatic heterocycles. The Labute approximate surface area is 195 Å². The lowest BCUT2D eigenvalue weighted by atomic mass is 10.1. The van der Waals surface area contributed by atoms with E-state index in [0.717, 1.165) is 12.1 Å². The van der Waals surface area contributed by atoms with Crippen molar-refractivity contribution < 1.29 is 31.9 Å². The molecule has 0 fully saturated rings. The van der Waals surface area contributed by atoms with Crippen LogP contribution >= 0.6 is 11.8 Å². The van der Waals surface area contributed by atoms with Crippen LogP contribution in [0.5, 0.6) is 0 Å². The number of rotatable bonds is 10. The highest BCUT2D eigenvalue weighted by atomic mass is 32.2. The van der Waals surface area contributed by atoms with Gasteiger partial charge in [0.05, 0.1) is 0 Å². The van der Waals surface area contributed by atoms with E-state index in [2.05, 4.69) is 10.0 Å². The average molecular weight is 498 g/mol. The maximum absolute atomic E-state index is 14.1. The molecule has 0 bridgehead atoms. The first-order valence-corrected chi connectivity index (χ1v) is 12.6. The first kappa shape index (κ1) is 26.3. The third kappa shape index (κ3) is 7.55. The van der Waals surface area contributed by atoms with Gasteiger partial charge in [0.25, 0.3) is 5.91 Å². The van der Waals surface area contributed by atoms with Crippen LogP contribution in [0.15, 0.2) is 59.5 Å². The number of carbonyl (C=O) groups is 3. The van der Waals surface area contributed by atoms with Crippen molar-refractivity contribution in [2.75, 3.05) is 19.1 Å². The van der Waals surface area contributed by atoms with E-state index in [1.54, 1.807) is 24.5 Å². The molecule has 3 amide bonds. The number of esters is 1. The SMILES string of the molecule is CNC(=O)NC(=O)C(OC(=O)C(CCSC)NS(=O)(=O)c1ccccc1F)c1ccccc1. The number of carbonyl (C=O) groups excluding carboxylic acids is 3. The molecule has 178 valence electrons. The molecule has 9 nitrogen and oxygen atoms in total. The second-order valence-electron chi connectivity index (χ2n) is 6.68. The average Bonchev–Trinajstić information content (AvgIpc) is 2.80. The number of benzene rings is 2. The third-order valence-electron chi connectivity index (χ3n) is 4.36. The normalized spacial score (nSPS) is 12.9. The molecule has 2 unspecified atom stereocenters. The summed E-state index contributed by atoms with van der Waals surface area (Å²) in [6.07, 6.45) is 0.259. The molecule has 2 atom stereocenters. The molecule has 2 rings (SSSR count). The minimum atomic E-state index is -4.41. The molecule has 2 aromatic carbocycles. The summed E-state index contributed by atoms with van der Waals surface area (Å²) in [5, 5.41) is 4.26. The molecule has 33 heavy (non-hydrogen) atoms. The van der Waals surface area contributed by atoms with Crippen molar-refractivity contribution in [3.63, 3.8) is 0 Å². The molecule has 2 aromatic rings. The Bertz CT molecular complexity index is 1080. The van der Waals surface area contributed by atoms with Crippen molar-refractivity contribution >= 4 is 39.7 Å². The summed E-state index contributed by atoms with van der Waals surface area (Å²) in [5.41, 5.74) is 0.271. The van der Waals surface area contributed by atoms with Crippen molar-refractivity contribution in [3.05, 3.63) is 66.0 Å².